The fraction of sp³-hybridized carbons (Fsp3) is 0. The van der Waals surface area contributed by atoms with Gasteiger partial charge in [-0.3, -0.25) is 0 Å². The second kappa shape index (κ2) is 13.8. The lowest BCUT2D eigenvalue weighted by Crippen LogP contribution is -2.09. The lowest BCUT2D eigenvalue weighted by Gasteiger charge is -2.26. The highest BCUT2D eigenvalue weighted by molar-refractivity contribution is 6.12. The molecular formula is C48H32F3N3. The Bertz CT molecular complexity index is 2490. The number of hydrogen-bond donors (Lipinski definition) is 0. The van der Waals surface area contributed by atoms with E-state index in [-0.39, 0.29) is 5.56 Å². The molecule has 8 aromatic carbocycles. The third-order valence-corrected chi connectivity index (χ3v) is 9.75. The summed E-state index contributed by atoms with van der Waals surface area (Å²) in [6, 6.07) is 63.8. The van der Waals surface area contributed by atoms with Crippen molar-refractivity contribution in [2.75, 3.05) is 9.80 Å². The van der Waals surface area contributed by atoms with E-state index >= 15 is 0 Å². The molecule has 0 saturated heterocycles. The summed E-state index contributed by atoms with van der Waals surface area (Å²) in [5.74, 6) is -3.91. The molecule has 0 unspecified atom stereocenters. The van der Waals surface area contributed by atoms with Crippen LogP contribution in [-0.2, 0) is 0 Å². The van der Waals surface area contributed by atoms with E-state index in [9.17, 15) is 13.2 Å². The Labute approximate surface area is 311 Å². The number of halogens is 3. The largest absolute Gasteiger partial charge is 0.310 e. The van der Waals surface area contributed by atoms with E-state index in [1.54, 1.807) is 12.1 Å². The third-order valence-electron chi connectivity index (χ3n) is 9.75. The van der Waals surface area contributed by atoms with E-state index in [2.05, 4.69) is 99.3 Å². The van der Waals surface area contributed by atoms with Crippen LogP contribution in [0.1, 0.15) is 0 Å². The number of hydrogen-bond acceptors (Lipinski definition) is 2. The van der Waals surface area contributed by atoms with E-state index in [0.717, 1.165) is 73.8 Å². The first-order chi connectivity index (χ1) is 26.5. The van der Waals surface area contributed by atoms with E-state index in [4.69, 9.17) is 0 Å². The zero-order valence-corrected chi connectivity index (χ0v) is 29.0. The molecule has 0 atom stereocenters. The zero-order chi connectivity index (χ0) is 36.6. The fourth-order valence-electron chi connectivity index (χ4n) is 7.28. The maximum absolute atomic E-state index is 14.2. The fourth-order valence-corrected chi connectivity index (χ4v) is 7.28. The molecule has 0 radical (unpaired) electrons. The second-order valence-corrected chi connectivity index (χ2v) is 13.1. The van der Waals surface area contributed by atoms with E-state index in [0.29, 0.717) is 5.56 Å². The van der Waals surface area contributed by atoms with Gasteiger partial charge in [0.1, 0.15) is 0 Å². The molecule has 54 heavy (non-hydrogen) atoms. The normalized spacial score (nSPS) is 11.2. The molecule has 0 saturated carbocycles. The highest BCUT2D eigenvalue weighted by Crippen LogP contribution is 2.42. The molecule has 0 aliphatic heterocycles. The first kappa shape index (κ1) is 32.8. The molecule has 6 heteroatoms. The molecule has 0 bridgehead atoms. The quantitative estimate of drug-likeness (QED) is 0.146. The lowest BCUT2D eigenvalue weighted by atomic mass is 10.0. The minimum atomic E-state index is -1.48. The van der Waals surface area contributed by atoms with Crippen molar-refractivity contribution in [2.24, 2.45) is 0 Å². The highest BCUT2D eigenvalue weighted by Gasteiger charge is 2.20. The summed E-state index contributed by atoms with van der Waals surface area (Å²) in [6.07, 6.45) is 0. The van der Waals surface area contributed by atoms with Gasteiger partial charge in [-0.25, -0.2) is 13.2 Å². The van der Waals surface area contributed by atoms with E-state index < -0.39 is 17.5 Å². The molecule has 1 aromatic heterocycles. The van der Waals surface area contributed by atoms with Gasteiger partial charge in [0.15, 0.2) is 17.5 Å². The summed E-state index contributed by atoms with van der Waals surface area (Å²) in [5, 5.41) is 2.10. The maximum atomic E-state index is 14.2. The average molecular weight is 708 g/mol. The van der Waals surface area contributed by atoms with Gasteiger partial charge in [-0.2, -0.15) is 0 Å². The van der Waals surface area contributed by atoms with E-state index in [1.807, 2.05) is 84.9 Å². The van der Waals surface area contributed by atoms with Gasteiger partial charge >= 0.3 is 0 Å². The summed E-state index contributed by atoms with van der Waals surface area (Å²) in [4.78, 5) is 4.50. The minimum Gasteiger partial charge on any atom is -0.310 e. The van der Waals surface area contributed by atoms with Gasteiger partial charge < -0.3 is 14.4 Å². The molecule has 9 rings (SSSR count). The summed E-state index contributed by atoms with van der Waals surface area (Å²) >= 11 is 0. The molecule has 0 spiro atoms. The summed E-state index contributed by atoms with van der Waals surface area (Å²) in [5.41, 5.74) is 9.84. The number of benzene rings is 8. The second-order valence-electron chi connectivity index (χ2n) is 13.1. The van der Waals surface area contributed by atoms with Crippen molar-refractivity contribution >= 4 is 55.9 Å². The number of aromatic nitrogens is 1. The lowest BCUT2D eigenvalue weighted by molar-refractivity contribution is 0.448. The predicted molar refractivity (Wildman–Crippen MR) is 215 cm³/mol. The van der Waals surface area contributed by atoms with Gasteiger partial charge in [0, 0.05) is 50.6 Å². The number of fused-ring (bicyclic) bond motifs is 3. The Morgan fingerprint density at radius 1 is 0.333 bits per heavy atom. The molecule has 0 aliphatic carbocycles. The standard InChI is InChI=1S/C48H32F3N3/c49-44-29-34(30-45(50)48(44)51)33-21-23-39(24-22-33)54-46-27-25-40(52(35-13-5-1-6-14-35)36-15-7-2-8-16-36)31-42(46)43-32-41(26-28-47(43)54)53(37-17-9-3-10-18-37)38-19-11-4-12-20-38/h1-32H. The van der Waals surface area contributed by atoms with Crippen LogP contribution in [0.2, 0.25) is 0 Å². The van der Waals surface area contributed by atoms with Crippen LogP contribution in [0.25, 0.3) is 38.6 Å². The zero-order valence-electron chi connectivity index (χ0n) is 29.0. The van der Waals surface area contributed by atoms with Crippen LogP contribution >= 0.6 is 0 Å². The van der Waals surface area contributed by atoms with Crippen LogP contribution in [0.15, 0.2) is 194 Å². The summed E-state index contributed by atoms with van der Waals surface area (Å²) in [7, 11) is 0. The van der Waals surface area contributed by atoms with Crippen molar-refractivity contribution in [1.29, 1.82) is 0 Å². The van der Waals surface area contributed by atoms with Crippen LogP contribution in [0.4, 0.5) is 47.3 Å². The predicted octanol–water partition coefficient (Wildman–Crippen LogP) is 13.8. The first-order valence-electron chi connectivity index (χ1n) is 17.7. The van der Waals surface area contributed by atoms with Crippen LogP contribution < -0.4 is 9.80 Å². The summed E-state index contributed by atoms with van der Waals surface area (Å²) < 4.78 is 44.3. The van der Waals surface area contributed by atoms with Crippen molar-refractivity contribution in [3.8, 4) is 16.8 Å². The number of rotatable bonds is 8. The average Bonchev–Trinajstić information content (AvgIpc) is 3.55. The monoisotopic (exact) mass is 707 g/mol. The Kier molecular flexibility index (Phi) is 8.40. The molecule has 260 valence electrons. The highest BCUT2D eigenvalue weighted by atomic mass is 19.2. The van der Waals surface area contributed by atoms with Gasteiger partial charge in [0.05, 0.1) is 11.0 Å². The van der Waals surface area contributed by atoms with Gasteiger partial charge in [-0.1, -0.05) is 84.9 Å². The van der Waals surface area contributed by atoms with Crippen LogP contribution in [0.3, 0.4) is 0 Å². The molecule has 3 nitrogen and oxygen atoms in total. The Morgan fingerprint density at radius 2 is 0.704 bits per heavy atom. The summed E-state index contributed by atoms with van der Waals surface area (Å²) in [6.45, 7) is 0. The minimum absolute atomic E-state index is 0.262. The van der Waals surface area contributed by atoms with Gasteiger partial charge in [-0.05, 0) is 120 Å². The third kappa shape index (κ3) is 5.94. The van der Waals surface area contributed by atoms with E-state index in [1.165, 1.54) is 0 Å². The smallest absolute Gasteiger partial charge is 0.194 e. The number of para-hydroxylation sites is 4. The Balaban J connectivity index is 1.26. The molecule has 0 fully saturated rings. The number of anilines is 6. The van der Waals surface area contributed by atoms with Gasteiger partial charge in [0.2, 0.25) is 0 Å². The van der Waals surface area contributed by atoms with Crippen molar-refractivity contribution < 1.29 is 13.2 Å². The molecule has 0 aliphatic rings. The van der Waals surface area contributed by atoms with Gasteiger partial charge in [-0.15, -0.1) is 0 Å². The van der Waals surface area contributed by atoms with Crippen molar-refractivity contribution in [3.63, 3.8) is 0 Å². The van der Waals surface area contributed by atoms with Crippen LogP contribution in [-0.4, -0.2) is 4.57 Å². The van der Waals surface area contributed by atoms with Crippen molar-refractivity contribution in [3.05, 3.63) is 212 Å². The molecule has 0 N–H and O–H groups in total. The molecule has 0 amide bonds. The topological polar surface area (TPSA) is 11.4 Å². The van der Waals surface area contributed by atoms with Crippen LogP contribution in [0, 0.1) is 17.5 Å². The molecular weight excluding hydrogens is 676 g/mol. The maximum Gasteiger partial charge on any atom is 0.194 e. The Morgan fingerprint density at radius 3 is 1.07 bits per heavy atom. The molecule has 1 heterocycles. The first-order valence-corrected chi connectivity index (χ1v) is 17.7. The van der Waals surface area contributed by atoms with Crippen molar-refractivity contribution in [2.45, 2.75) is 0 Å². The van der Waals surface area contributed by atoms with Gasteiger partial charge in [0.25, 0.3) is 0 Å². The molecule has 9 aromatic rings. The van der Waals surface area contributed by atoms with Crippen molar-refractivity contribution in [1.82, 2.24) is 4.57 Å². The Hall–Kier alpha value is -7.05. The SMILES string of the molecule is Fc1cc(-c2ccc(-n3c4ccc(N(c5ccccc5)c5ccccc5)cc4c4cc(N(c5ccccc5)c5ccccc5)ccc43)cc2)cc(F)c1F. The number of nitrogens with zero attached hydrogens (tertiary/aromatic N) is 3. The van der Waals surface area contributed by atoms with Crippen LogP contribution in [0.5, 0.6) is 0 Å².